The zero-order chi connectivity index (χ0) is 14.0. The summed E-state index contributed by atoms with van der Waals surface area (Å²) in [6, 6.07) is 1.74. The van der Waals surface area contributed by atoms with Crippen molar-refractivity contribution in [2.45, 2.75) is 89.3 Å². The van der Waals surface area contributed by atoms with Crippen molar-refractivity contribution in [1.29, 1.82) is 0 Å². The van der Waals surface area contributed by atoms with Gasteiger partial charge in [0.15, 0.2) is 0 Å². The summed E-state index contributed by atoms with van der Waals surface area (Å²) >= 11 is 0. The van der Waals surface area contributed by atoms with Crippen LogP contribution in [0.3, 0.4) is 0 Å². The number of nitrogens with one attached hydrogen (secondary N) is 2. The molecule has 2 aliphatic carbocycles. The van der Waals surface area contributed by atoms with Crippen LogP contribution >= 0.6 is 0 Å². The lowest BCUT2D eigenvalue weighted by Crippen LogP contribution is -2.40. The Morgan fingerprint density at radius 2 is 1.40 bits per heavy atom. The summed E-state index contributed by atoms with van der Waals surface area (Å²) in [7, 11) is 0. The quantitative estimate of drug-likeness (QED) is 0.816. The van der Waals surface area contributed by atoms with Crippen LogP contribution in [0.5, 0.6) is 0 Å². The Hall–Kier alpha value is -0.120. The lowest BCUT2D eigenvalue weighted by molar-refractivity contribution is 0.0410. The third-order valence-electron chi connectivity index (χ3n) is 4.79. The first-order chi connectivity index (χ1) is 9.84. The second-order valence-corrected chi connectivity index (χ2v) is 6.72. The summed E-state index contributed by atoms with van der Waals surface area (Å²) in [6.07, 6.45) is 15.0. The molecule has 3 heteroatoms. The second kappa shape index (κ2) is 9.75. The van der Waals surface area contributed by atoms with Crippen LogP contribution in [0.2, 0.25) is 0 Å². The molecule has 1 heterocycles. The molecule has 1 unspecified atom stereocenters. The average molecular weight is 282 g/mol. The molecule has 0 radical (unpaired) electrons. The first-order valence-electron chi connectivity index (χ1n) is 8.93. The van der Waals surface area contributed by atoms with Crippen LogP contribution in [0.25, 0.3) is 0 Å². The Morgan fingerprint density at radius 3 is 1.75 bits per heavy atom. The van der Waals surface area contributed by atoms with Gasteiger partial charge >= 0.3 is 0 Å². The van der Waals surface area contributed by atoms with E-state index in [1.807, 2.05) is 0 Å². The van der Waals surface area contributed by atoms with Crippen molar-refractivity contribution in [3.05, 3.63) is 0 Å². The normalized spacial score (nSPS) is 29.6. The van der Waals surface area contributed by atoms with Gasteiger partial charge in [-0.25, -0.2) is 0 Å². The fraction of sp³-hybridized carbons (Fsp3) is 1.00. The first kappa shape index (κ1) is 16.3. The van der Waals surface area contributed by atoms with Gasteiger partial charge in [0.2, 0.25) is 0 Å². The molecule has 3 rings (SSSR count). The van der Waals surface area contributed by atoms with Gasteiger partial charge in [-0.15, -0.1) is 0 Å². The lowest BCUT2D eigenvalue weighted by atomic mass is 9.91. The van der Waals surface area contributed by atoms with Crippen molar-refractivity contribution in [2.24, 2.45) is 0 Å². The summed E-state index contributed by atoms with van der Waals surface area (Å²) in [4.78, 5) is 0. The van der Waals surface area contributed by atoms with Crippen LogP contribution in [0.1, 0.15) is 71.1 Å². The van der Waals surface area contributed by atoms with Gasteiger partial charge in [-0.3, -0.25) is 0 Å². The molecule has 118 valence electrons. The number of ether oxygens (including phenoxy) is 1. The van der Waals surface area contributed by atoms with Gasteiger partial charge in [0.1, 0.15) is 0 Å². The van der Waals surface area contributed by atoms with Crippen molar-refractivity contribution in [3.63, 3.8) is 0 Å². The van der Waals surface area contributed by atoms with E-state index in [0.29, 0.717) is 6.10 Å². The maximum atomic E-state index is 5.22. The van der Waals surface area contributed by atoms with Crippen LogP contribution < -0.4 is 10.6 Å². The fourth-order valence-electron chi connectivity index (χ4n) is 3.57. The Kier molecular flexibility index (Phi) is 7.92. The molecule has 0 aromatic rings. The summed E-state index contributed by atoms with van der Waals surface area (Å²) in [5, 5.41) is 7.07. The van der Waals surface area contributed by atoms with E-state index in [9.17, 15) is 0 Å². The van der Waals surface area contributed by atoms with Gasteiger partial charge in [-0.05, 0) is 32.6 Å². The SMILES string of the molecule is C1CCC(NC2CCCCC2)CC1.CC1CNCCO1. The third kappa shape index (κ3) is 6.55. The van der Waals surface area contributed by atoms with Crippen molar-refractivity contribution in [1.82, 2.24) is 10.6 Å². The maximum Gasteiger partial charge on any atom is 0.0672 e. The van der Waals surface area contributed by atoms with Gasteiger partial charge in [0, 0.05) is 25.2 Å². The van der Waals surface area contributed by atoms with Gasteiger partial charge in [-0.1, -0.05) is 38.5 Å². The Labute approximate surface area is 125 Å². The van der Waals surface area contributed by atoms with Gasteiger partial charge in [-0.2, -0.15) is 0 Å². The van der Waals surface area contributed by atoms with Crippen molar-refractivity contribution < 1.29 is 4.74 Å². The van der Waals surface area contributed by atoms with Gasteiger partial charge < -0.3 is 15.4 Å². The van der Waals surface area contributed by atoms with Crippen molar-refractivity contribution >= 4 is 0 Å². The minimum absolute atomic E-state index is 0.425. The molecule has 0 aromatic carbocycles. The van der Waals surface area contributed by atoms with Gasteiger partial charge in [0.05, 0.1) is 12.7 Å². The molecule has 3 fully saturated rings. The average Bonchev–Trinajstić information content (AvgIpc) is 2.51. The minimum Gasteiger partial charge on any atom is -0.376 e. The summed E-state index contributed by atoms with van der Waals surface area (Å²) in [5.74, 6) is 0. The number of rotatable bonds is 2. The van der Waals surface area contributed by atoms with E-state index in [1.165, 1.54) is 64.2 Å². The molecule has 2 saturated carbocycles. The lowest BCUT2D eigenvalue weighted by Gasteiger charge is -2.30. The molecular weight excluding hydrogens is 248 g/mol. The predicted octanol–water partition coefficient (Wildman–Crippen LogP) is 3.24. The van der Waals surface area contributed by atoms with E-state index < -0.39 is 0 Å². The predicted molar refractivity (Wildman–Crippen MR) is 85.2 cm³/mol. The smallest absolute Gasteiger partial charge is 0.0672 e. The molecule has 3 aliphatic rings. The zero-order valence-corrected chi connectivity index (χ0v) is 13.3. The van der Waals surface area contributed by atoms with Crippen molar-refractivity contribution in [3.8, 4) is 0 Å². The molecule has 0 bridgehead atoms. The third-order valence-corrected chi connectivity index (χ3v) is 4.79. The van der Waals surface area contributed by atoms with E-state index >= 15 is 0 Å². The molecule has 20 heavy (non-hydrogen) atoms. The molecule has 3 nitrogen and oxygen atoms in total. The summed E-state index contributed by atoms with van der Waals surface area (Å²) in [5.41, 5.74) is 0. The van der Waals surface area contributed by atoms with E-state index in [1.54, 1.807) is 0 Å². The minimum atomic E-state index is 0.425. The van der Waals surface area contributed by atoms with Crippen LogP contribution in [0, 0.1) is 0 Å². The Balaban J connectivity index is 0.000000178. The molecule has 0 amide bonds. The van der Waals surface area contributed by atoms with Crippen LogP contribution in [-0.4, -0.2) is 37.9 Å². The fourth-order valence-corrected chi connectivity index (χ4v) is 3.57. The largest absolute Gasteiger partial charge is 0.376 e. The molecule has 2 N–H and O–H groups in total. The highest BCUT2D eigenvalue weighted by molar-refractivity contribution is 4.79. The maximum absolute atomic E-state index is 5.22. The topological polar surface area (TPSA) is 33.3 Å². The van der Waals surface area contributed by atoms with Crippen LogP contribution in [-0.2, 0) is 4.74 Å². The monoisotopic (exact) mass is 282 g/mol. The molecular formula is C17H34N2O. The molecule has 1 saturated heterocycles. The van der Waals surface area contributed by atoms with Crippen LogP contribution in [0.15, 0.2) is 0 Å². The van der Waals surface area contributed by atoms with E-state index in [-0.39, 0.29) is 0 Å². The molecule has 1 atom stereocenters. The second-order valence-electron chi connectivity index (χ2n) is 6.72. The van der Waals surface area contributed by atoms with Crippen LogP contribution in [0.4, 0.5) is 0 Å². The zero-order valence-electron chi connectivity index (χ0n) is 13.3. The first-order valence-corrected chi connectivity index (χ1v) is 8.93. The van der Waals surface area contributed by atoms with E-state index in [2.05, 4.69) is 17.6 Å². The van der Waals surface area contributed by atoms with Crippen molar-refractivity contribution in [2.75, 3.05) is 19.7 Å². The Bertz CT molecular complexity index is 213. The standard InChI is InChI=1S/C12H23N.C5H11NO/c1-3-7-11(8-4-1)13-12-9-5-2-6-10-12;1-5-4-6-2-3-7-5/h11-13H,1-10H2;5-6H,2-4H2,1H3. The highest BCUT2D eigenvalue weighted by Gasteiger charge is 2.19. The highest BCUT2D eigenvalue weighted by Crippen LogP contribution is 2.22. The Morgan fingerprint density at radius 1 is 0.850 bits per heavy atom. The summed E-state index contributed by atoms with van der Waals surface area (Å²) < 4.78 is 5.22. The number of hydrogen-bond donors (Lipinski definition) is 2. The van der Waals surface area contributed by atoms with E-state index in [0.717, 1.165) is 31.8 Å². The van der Waals surface area contributed by atoms with E-state index in [4.69, 9.17) is 4.74 Å². The molecule has 0 spiro atoms. The highest BCUT2D eigenvalue weighted by atomic mass is 16.5. The number of morpholine rings is 1. The summed E-state index contributed by atoms with van der Waals surface area (Å²) in [6.45, 7) is 4.98. The molecule has 1 aliphatic heterocycles. The van der Waals surface area contributed by atoms with Gasteiger partial charge in [0.25, 0.3) is 0 Å². The molecule has 0 aromatic heterocycles. The number of hydrogen-bond acceptors (Lipinski definition) is 3.